The highest BCUT2D eigenvalue weighted by molar-refractivity contribution is 8.01. The van der Waals surface area contributed by atoms with Gasteiger partial charge in [-0.3, -0.25) is 14.9 Å². The minimum absolute atomic E-state index is 0.126. The largest absolute Gasteiger partial charge is 0.480 e. The van der Waals surface area contributed by atoms with Crippen LogP contribution < -0.4 is 11.1 Å². The molecule has 0 bridgehead atoms. The topological polar surface area (TPSA) is 113 Å². The van der Waals surface area contributed by atoms with Crippen molar-refractivity contribution in [2.75, 3.05) is 11.5 Å². The molecule has 20 heavy (non-hydrogen) atoms. The first-order valence-electron chi connectivity index (χ1n) is 6.64. The average molecular weight is 322 g/mol. The van der Waals surface area contributed by atoms with Crippen molar-refractivity contribution in [3.8, 4) is 0 Å². The first kappa shape index (κ1) is 17.6. The number of aliphatic carboxylic acids is 2. The Labute approximate surface area is 127 Å². The lowest BCUT2D eigenvalue weighted by molar-refractivity contribution is -0.139. The van der Waals surface area contributed by atoms with Gasteiger partial charge in [0.1, 0.15) is 12.1 Å². The highest BCUT2D eigenvalue weighted by Crippen LogP contribution is 2.29. The van der Waals surface area contributed by atoms with Gasteiger partial charge in [0.05, 0.1) is 5.37 Å². The monoisotopic (exact) mass is 322 g/mol. The summed E-state index contributed by atoms with van der Waals surface area (Å²) in [4.78, 5) is 21.6. The Bertz CT molecular complexity index is 343. The van der Waals surface area contributed by atoms with Gasteiger partial charge in [0, 0.05) is 16.8 Å². The maximum Gasteiger partial charge on any atom is 0.321 e. The van der Waals surface area contributed by atoms with E-state index in [1.807, 2.05) is 0 Å². The van der Waals surface area contributed by atoms with Crippen molar-refractivity contribution in [1.29, 1.82) is 0 Å². The summed E-state index contributed by atoms with van der Waals surface area (Å²) < 4.78 is 0. The standard InChI is InChI=1S/C12H22N2O4S2/c1-2-3-7(19-5-8(13)11(15)16)4-10-14-9(6-20-10)12(17)18/h7-10,14H,2-6,13H2,1H3,(H,15,16)(H,17,18)/t7-,8-,9-,10-/m0/s1. The summed E-state index contributed by atoms with van der Waals surface area (Å²) >= 11 is 3.19. The van der Waals surface area contributed by atoms with Gasteiger partial charge < -0.3 is 15.9 Å². The quantitative estimate of drug-likeness (QED) is 0.493. The number of rotatable bonds is 9. The third-order valence-electron chi connectivity index (χ3n) is 3.07. The molecule has 1 rings (SSSR count). The first-order valence-corrected chi connectivity index (χ1v) is 8.74. The molecule has 6 nitrogen and oxygen atoms in total. The van der Waals surface area contributed by atoms with E-state index in [1.165, 1.54) is 0 Å². The van der Waals surface area contributed by atoms with Gasteiger partial charge in [0.15, 0.2) is 0 Å². The Hall–Kier alpha value is -0.440. The summed E-state index contributed by atoms with van der Waals surface area (Å²) in [6, 6.07) is -1.31. The molecule has 0 radical (unpaired) electrons. The van der Waals surface area contributed by atoms with Gasteiger partial charge in [-0.05, 0) is 12.8 Å². The van der Waals surface area contributed by atoms with E-state index >= 15 is 0 Å². The van der Waals surface area contributed by atoms with Crippen LogP contribution in [0.5, 0.6) is 0 Å². The van der Waals surface area contributed by atoms with E-state index in [0.717, 1.165) is 19.3 Å². The molecule has 0 aromatic heterocycles. The molecular formula is C12H22N2O4S2. The fourth-order valence-electron chi connectivity index (χ4n) is 1.95. The van der Waals surface area contributed by atoms with E-state index in [0.29, 0.717) is 16.8 Å². The van der Waals surface area contributed by atoms with Crippen LogP contribution in [-0.2, 0) is 9.59 Å². The maximum atomic E-state index is 10.9. The van der Waals surface area contributed by atoms with Gasteiger partial charge in [-0.15, -0.1) is 11.8 Å². The summed E-state index contributed by atoms with van der Waals surface area (Å²) in [5.74, 6) is -0.822. The molecule has 4 atom stereocenters. The Morgan fingerprint density at radius 2 is 2.20 bits per heavy atom. The van der Waals surface area contributed by atoms with Gasteiger partial charge in [-0.2, -0.15) is 11.8 Å². The number of hydrogen-bond acceptors (Lipinski definition) is 6. The molecule has 0 aliphatic carbocycles. The highest BCUT2D eigenvalue weighted by Gasteiger charge is 2.31. The summed E-state index contributed by atoms with van der Waals surface area (Å²) in [6.07, 6.45) is 2.83. The molecule has 0 aromatic rings. The molecule has 0 unspecified atom stereocenters. The summed E-state index contributed by atoms with van der Waals surface area (Å²) in [5.41, 5.74) is 5.51. The maximum absolute atomic E-state index is 10.9. The van der Waals surface area contributed by atoms with Crippen LogP contribution in [0.25, 0.3) is 0 Å². The van der Waals surface area contributed by atoms with Gasteiger partial charge >= 0.3 is 11.9 Å². The predicted molar refractivity (Wildman–Crippen MR) is 82.2 cm³/mol. The van der Waals surface area contributed by atoms with Crippen LogP contribution in [0.2, 0.25) is 0 Å². The molecule has 1 fully saturated rings. The van der Waals surface area contributed by atoms with Crippen LogP contribution in [0.4, 0.5) is 0 Å². The minimum Gasteiger partial charge on any atom is -0.480 e. The highest BCUT2D eigenvalue weighted by atomic mass is 32.2. The molecule has 8 heteroatoms. The zero-order valence-corrected chi connectivity index (χ0v) is 13.1. The molecule has 0 saturated carbocycles. The fourth-order valence-corrected chi connectivity index (χ4v) is 4.72. The van der Waals surface area contributed by atoms with Crippen LogP contribution in [0.1, 0.15) is 26.2 Å². The summed E-state index contributed by atoms with van der Waals surface area (Å²) in [7, 11) is 0. The van der Waals surface area contributed by atoms with E-state index in [9.17, 15) is 9.59 Å². The molecule has 1 aliphatic heterocycles. The van der Waals surface area contributed by atoms with E-state index < -0.39 is 24.0 Å². The number of hydrogen-bond donors (Lipinski definition) is 4. The van der Waals surface area contributed by atoms with Crippen molar-refractivity contribution in [1.82, 2.24) is 5.32 Å². The number of carboxylic acid groups (broad SMARTS) is 2. The van der Waals surface area contributed by atoms with E-state index in [4.69, 9.17) is 15.9 Å². The lowest BCUT2D eigenvalue weighted by Gasteiger charge is -2.20. The Kier molecular flexibility index (Phi) is 7.71. The summed E-state index contributed by atoms with van der Waals surface area (Å²) in [6.45, 7) is 2.08. The minimum atomic E-state index is -0.980. The molecule has 0 spiro atoms. The van der Waals surface area contributed by atoms with E-state index in [1.54, 1.807) is 23.5 Å². The predicted octanol–water partition coefficient (Wildman–Crippen LogP) is 0.806. The first-order chi connectivity index (χ1) is 9.43. The number of nitrogens with two attached hydrogens (primary N) is 1. The van der Waals surface area contributed by atoms with Gasteiger partial charge in [0.2, 0.25) is 0 Å². The van der Waals surface area contributed by atoms with Crippen molar-refractivity contribution < 1.29 is 19.8 Å². The Balaban J connectivity index is 2.39. The Morgan fingerprint density at radius 1 is 1.50 bits per heavy atom. The Morgan fingerprint density at radius 3 is 2.70 bits per heavy atom. The molecule has 1 aliphatic rings. The smallest absolute Gasteiger partial charge is 0.321 e. The number of thioether (sulfide) groups is 2. The second-order valence-corrected chi connectivity index (χ2v) is 7.37. The summed E-state index contributed by atoms with van der Waals surface area (Å²) in [5, 5.41) is 21.3. The van der Waals surface area contributed by atoms with Crippen molar-refractivity contribution >= 4 is 35.5 Å². The second kappa shape index (κ2) is 8.76. The average Bonchev–Trinajstić information content (AvgIpc) is 2.84. The second-order valence-electron chi connectivity index (χ2n) is 4.80. The molecule has 5 N–H and O–H groups in total. The van der Waals surface area contributed by atoms with Crippen molar-refractivity contribution in [3.63, 3.8) is 0 Å². The van der Waals surface area contributed by atoms with Crippen LogP contribution >= 0.6 is 23.5 Å². The third-order valence-corrected chi connectivity index (χ3v) is 5.77. The number of carboxylic acids is 2. The number of nitrogens with one attached hydrogen (secondary N) is 1. The van der Waals surface area contributed by atoms with E-state index in [-0.39, 0.29) is 5.37 Å². The molecule has 116 valence electrons. The SMILES string of the molecule is CCC[C@@H](C[C@H]1N[C@H](C(=O)O)CS1)SC[C@H](N)C(=O)O. The van der Waals surface area contributed by atoms with Crippen molar-refractivity contribution in [2.45, 2.75) is 48.9 Å². The molecule has 0 aromatic carbocycles. The molecule has 1 heterocycles. The normalized spacial score (nSPS) is 25.3. The zero-order valence-electron chi connectivity index (χ0n) is 11.4. The van der Waals surface area contributed by atoms with Crippen LogP contribution in [-0.4, -0.2) is 56.4 Å². The van der Waals surface area contributed by atoms with Gasteiger partial charge in [0.25, 0.3) is 0 Å². The van der Waals surface area contributed by atoms with Crippen LogP contribution in [0, 0.1) is 0 Å². The fraction of sp³-hybridized carbons (Fsp3) is 0.833. The van der Waals surface area contributed by atoms with Crippen molar-refractivity contribution in [2.24, 2.45) is 5.73 Å². The van der Waals surface area contributed by atoms with Gasteiger partial charge in [-0.25, -0.2) is 0 Å². The zero-order chi connectivity index (χ0) is 15.1. The van der Waals surface area contributed by atoms with Crippen LogP contribution in [0.3, 0.4) is 0 Å². The molecule has 0 amide bonds. The lowest BCUT2D eigenvalue weighted by Crippen LogP contribution is -2.38. The lowest BCUT2D eigenvalue weighted by atomic mass is 10.2. The third kappa shape index (κ3) is 5.90. The van der Waals surface area contributed by atoms with Gasteiger partial charge in [-0.1, -0.05) is 13.3 Å². The van der Waals surface area contributed by atoms with E-state index in [2.05, 4.69) is 12.2 Å². The molecular weight excluding hydrogens is 300 g/mol. The molecule has 1 saturated heterocycles. The van der Waals surface area contributed by atoms with Crippen LogP contribution in [0.15, 0.2) is 0 Å². The van der Waals surface area contributed by atoms with Crippen molar-refractivity contribution in [3.05, 3.63) is 0 Å². The number of carbonyl (C=O) groups is 2.